The van der Waals surface area contributed by atoms with Crippen LogP contribution in [0.3, 0.4) is 0 Å². The number of aromatic nitrogens is 1. The molecule has 3 amide bonds. The van der Waals surface area contributed by atoms with Crippen LogP contribution in [0.2, 0.25) is 0 Å². The van der Waals surface area contributed by atoms with Crippen molar-refractivity contribution in [2.75, 3.05) is 19.7 Å². The standard InChI is InChI=1S/C41H52N4O7/c1-39(2,3)51-26-33(37(49)52-40(4,5)6)43-38(50)41(27-14-9-8-10-15-27)22-19-30(29-16-11-12-18-32(29)41)36(48)45-24-20-28(21-25-45)42-34(46)31-17-13-23-44(7)35(31)47/h8-18,23,28,30,33H,19-22,24-26H2,1-7H3,(H,42,46)(H,43,50)/t30-,33-,41+/m0/s1. The van der Waals surface area contributed by atoms with E-state index in [1.807, 2.05) is 80.3 Å². The molecule has 0 saturated carbocycles. The van der Waals surface area contributed by atoms with E-state index in [1.54, 1.807) is 40.1 Å². The van der Waals surface area contributed by atoms with Gasteiger partial charge in [0.25, 0.3) is 11.5 Å². The molecule has 1 aromatic heterocycles. The molecule has 11 heteroatoms. The second kappa shape index (κ2) is 15.5. The topological polar surface area (TPSA) is 136 Å². The normalized spacial score (nSPS) is 20.0. The van der Waals surface area contributed by atoms with Crippen molar-refractivity contribution >= 4 is 23.7 Å². The molecule has 2 N–H and O–H groups in total. The highest BCUT2D eigenvalue weighted by atomic mass is 16.6. The molecule has 5 rings (SSSR count). The van der Waals surface area contributed by atoms with Crippen LogP contribution in [0, 0.1) is 0 Å². The Morgan fingerprint density at radius 1 is 0.865 bits per heavy atom. The second-order valence-electron chi connectivity index (χ2n) is 15.8. The third-order valence-electron chi connectivity index (χ3n) is 9.75. The summed E-state index contributed by atoms with van der Waals surface area (Å²) in [4.78, 5) is 69.7. The minimum absolute atomic E-state index is 0.0265. The summed E-state index contributed by atoms with van der Waals surface area (Å²) in [6, 6.07) is 19.0. The molecule has 2 aromatic carbocycles. The van der Waals surface area contributed by atoms with Crippen LogP contribution in [0.5, 0.6) is 0 Å². The number of fused-ring (bicyclic) bond motifs is 1. The Morgan fingerprint density at radius 2 is 1.52 bits per heavy atom. The predicted octanol–water partition coefficient (Wildman–Crippen LogP) is 4.61. The van der Waals surface area contributed by atoms with Crippen molar-refractivity contribution in [1.82, 2.24) is 20.1 Å². The number of piperidine rings is 1. The molecule has 2 aliphatic rings. The lowest BCUT2D eigenvalue weighted by Gasteiger charge is -2.43. The maximum atomic E-state index is 14.8. The van der Waals surface area contributed by atoms with Gasteiger partial charge in [0.15, 0.2) is 6.04 Å². The van der Waals surface area contributed by atoms with Crippen LogP contribution in [0.4, 0.5) is 0 Å². The maximum absolute atomic E-state index is 14.8. The number of amides is 3. The van der Waals surface area contributed by atoms with Crippen molar-refractivity contribution in [1.29, 1.82) is 0 Å². The van der Waals surface area contributed by atoms with Gasteiger partial charge in [-0.25, -0.2) is 4.79 Å². The summed E-state index contributed by atoms with van der Waals surface area (Å²) in [5, 5.41) is 5.99. The van der Waals surface area contributed by atoms with Gasteiger partial charge in [0.05, 0.1) is 23.5 Å². The SMILES string of the molecule is Cn1cccc(C(=O)NC2CCN(C(=O)[C@H]3CC[C@@](C(=O)N[C@@H](COC(C)(C)C)C(=O)OC(C)(C)C)(c4ccccc4)c4ccccc43)CC2)c1=O. The van der Waals surface area contributed by atoms with E-state index in [1.165, 1.54) is 10.6 Å². The number of aryl methyl sites for hydroxylation is 1. The number of esters is 1. The summed E-state index contributed by atoms with van der Waals surface area (Å²) < 4.78 is 13.1. The van der Waals surface area contributed by atoms with Gasteiger partial charge in [-0.15, -0.1) is 0 Å². The quantitative estimate of drug-likeness (QED) is 0.310. The summed E-state index contributed by atoms with van der Waals surface area (Å²) >= 11 is 0. The Balaban J connectivity index is 1.39. The first kappa shape index (κ1) is 38.5. The van der Waals surface area contributed by atoms with E-state index in [0.717, 1.165) is 16.7 Å². The number of nitrogens with zero attached hydrogens (tertiary/aromatic N) is 2. The van der Waals surface area contributed by atoms with Crippen molar-refractivity contribution in [2.45, 2.75) is 102 Å². The Kier molecular flexibility index (Phi) is 11.4. The summed E-state index contributed by atoms with van der Waals surface area (Å²) in [5.74, 6) is -1.88. The van der Waals surface area contributed by atoms with Crippen molar-refractivity contribution in [3.63, 3.8) is 0 Å². The van der Waals surface area contributed by atoms with Crippen molar-refractivity contribution in [3.8, 4) is 0 Å². The Morgan fingerprint density at radius 3 is 2.17 bits per heavy atom. The number of hydrogen-bond acceptors (Lipinski definition) is 7. The summed E-state index contributed by atoms with van der Waals surface area (Å²) in [7, 11) is 1.60. The number of carbonyl (C=O) groups is 4. The Hall–Kier alpha value is -4.77. The highest BCUT2D eigenvalue weighted by Crippen LogP contribution is 2.48. The summed E-state index contributed by atoms with van der Waals surface area (Å²) in [6.07, 6.45) is 3.45. The molecule has 3 atom stereocenters. The lowest BCUT2D eigenvalue weighted by molar-refractivity contribution is -0.162. The molecule has 1 fully saturated rings. The average molecular weight is 713 g/mol. The molecule has 2 heterocycles. The van der Waals surface area contributed by atoms with Crippen LogP contribution >= 0.6 is 0 Å². The van der Waals surface area contributed by atoms with Crippen LogP contribution < -0.4 is 16.2 Å². The highest BCUT2D eigenvalue weighted by Gasteiger charge is 2.50. The maximum Gasteiger partial charge on any atom is 0.331 e. The van der Waals surface area contributed by atoms with E-state index in [4.69, 9.17) is 9.47 Å². The van der Waals surface area contributed by atoms with E-state index in [9.17, 15) is 24.0 Å². The molecule has 0 radical (unpaired) electrons. The van der Waals surface area contributed by atoms with Gasteiger partial charge in [0, 0.05) is 32.4 Å². The molecule has 52 heavy (non-hydrogen) atoms. The van der Waals surface area contributed by atoms with E-state index in [0.29, 0.717) is 38.8 Å². The van der Waals surface area contributed by atoms with Gasteiger partial charge in [-0.1, -0.05) is 54.6 Å². The van der Waals surface area contributed by atoms with Crippen molar-refractivity contribution < 1.29 is 28.7 Å². The third kappa shape index (κ3) is 8.63. The monoisotopic (exact) mass is 712 g/mol. The van der Waals surface area contributed by atoms with Gasteiger partial charge in [-0.05, 0) is 96.0 Å². The fourth-order valence-electron chi connectivity index (χ4n) is 7.14. The zero-order valence-corrected chi connectivity index (χ0v) is 31.4. The lowest BCUT2D eigenvalue weighted by atomic mass is 9.62. The zero-order valence-electron chi connectivity index (χ0n) is 31.4. The number of nitrogens with one attached hydrogen (secondary N) is 2. The molecule has 1 aliphatic heterocycles. The van der Waals surface area contributed by atoms with Crippen molar-refractivity contribution in [3.05, 3.63) is 106 Å². The smallest absolute Gasteiger partial charge is 0.331 e. The van der Waals surface area contributed by atoms with Gasteiger partial charge in [0.1, 0.15) is 11.2 Å². The molecule has 0 bridgehead atoms. The molecule has 1 saturated heterocycles. The first-order valence-corrected chi connectivity index (χ1v) is 18.1. The Labute approximate surface area is 306 Å². The van der Waals surface area contributed by atoms with Gasteiger partial charge >= 0.3 is 5.97 Å². The first-order valence-electron chi connectivity index (χ1n) is 18.1. The van der Waals surface area contributed by atoms with Gasteiger partial charge in [0.2, 0.25) is 11.8 Å². The number of hydrogen-bond donors (Lipinski definition) is 2. The van der Waals surface area contributed by atoms with Crippen LogP contribution in [0.1, 0.15) is 100 Å². The molecule has 0 spiro atoms. The Bertz CT molecular complexity index is 1830. The van der Waals surface area contributed by atoms with Crippen LogP contribution in [0.15, 0.2) is 77.7 Å². The first-order chi connectivity index (χ1) is 24.5. The number of carbonyl (C=O) groups excluding carboxylic acids is 4. The molecule has 3 aromatic rings. The number of pyridine rings is 1. The fraction of sp³-hybridized carbons (Fsp3) is 0.488. The van der Waals surface area contributed by atoms with Crippen LogP contribution in [-0.4, -0.2) is 76.1 Å². The predicted molar refractivity (Wildman–Crippen MR) is 198 cm³/mol. The molecular formula is C41H52N4O7. The van der Waals surface area contributed by atoms with E-state index >= 15 is 0 Å². The highest BCUT2D eigenvalue weighted by molar-refractivity contribution is 5.97. The third-order valence-corrected chi connectivity index (χ3v) is 9.75. The zero-order chi connectivity index (χ0) is 37.8. The molecule has 0 unspecified atom stereocenters. The number of likely N-dealkylation sites (tertiary alicyclic amines) is 1. The van der Waals surface area contributed by atoms with Gasteiger partial charge < -0.3 is 29.6 Å². The average Bonchev–Trinajstić information content (AvgIpc) is 3.09. The molecule has 1 aliphatic carbocycles. The fourth-order valence-corrected chi connectivity index (χ4v) is 7.14. The molecular weight excluding hydrogens is 660 g/mol. The minimum Gasteiger partial charge on any atom is -0.458 e. The van der Waals surface area contributed by atoms with E-state index in [-0.39, 0.29) is 35.6 Å². The van der Waals surface area contributed by atoms with Crippen LogP contribution in [-0.2, 0) is 36.3 Å². The van der Waals surface area contributed by atoms with Crippen LogP contribution in [0.25, 0.3) is 0 Å². The molecule has 11 nitrogen and oxygen atoms in total. The van der Waals surface area contributed by atoms with E-state index in [2.05, 4.69) is 10.6 Å². The summed E-state index contributed by atoms with van der Waals surface area (Å²) in [5.41, 5.74) is -0.548. The number of rotatable bonds is 9. The number of benzene rings is 2. The second-order valence-corrected chi connectivity index (χ2v) is 15.8. The lowest BCUT2D eigenvalue weighted by Crippen LogP contribution is -2.56. The van der Waals surface area contributed by atoms with Gasteiger partial charge in [-0.2, -0.15) is 0 Å². The summed E-state index contributed by atoms with van der Waals surface area (Å²) in [6.45, 7) is 11.8. The van der Waals surface area contributed by atoms with Gasteiger partial charge in [-0.3, -0.25) is 19.2 Å². The van der Waals surface area contributed by atoms with Crippen molar-refractivity contribution in [2.24, 2.45) is 7.05 Å². The minimum atomic E-state index is -1.19. The number of ether oxygens (including phenoxy) is 2. The molecule has 278 valence electrons. The van der Waals surface area contributed by atoms with E-state index < -0.39 is 40.5 Å². The largest absolute Gasteiger partial charge is 0.458 e.